The summed E-state index contributed by atoms with van der Waals surface area (Å²) < 4.78 is 11.2. The minimum Gasteiger partial charge on any atom is -0.313 e. The molecule has 17 heavy (non-hydrogen) atoms. The van der Waals surface area contributed by atoms with Crippen LogP contribution in [0.5, 0.6) is 0 Å². The van der Waals surface area contributed by atoms with Crippen molar-refractivity contribution in [3.63, 3.8) is 0 Å². The minimum atomic E-state index is -0.543. The summed E-state index contributed by atoms with van der Waals surface area (Å²) in [5.41, 5.74) is 0. The van der Waals surface area contributed by atoms with E-state index in [1.54, 1.807) is 0 Å². The average molecular weight is 269 g/mol. The Hall–Kier alpha value is -0.320. The van der Waals surface area contributed by atoms with E-state index in [0.717, 1.165) is 36.6 Å². The Morgan fingerprint density at radius 2 is 1.94 bits per heavy atom. The summed E-state index contributed by atoms with van der Waals surface area (Å²) in [5, 5.41) is 3.56. The lowest BCUT2D eigenvalue weighted by Crippen LogP contribution is -2.36. The van der Waals surface area contributed by atoms with E-state index in [1.807, 2.05) is 17.8 Å². The highest BCUT2D eigenvalue weighted by atomic mass is 32.2. The molecular weight excluding hydrogens is 250 g/mol. The summed E-state index contributed by atoms with van der Waals surface area (Å²) >= 11 is 1.89. The maximum Gasteiger partial charge on any atom is 0.0249 e. The summed E-state index contributed by atoms with van der Waals surface area (Å²) in [6.07, 6.45) is 2.14. The molecule has 0 saturated carbocycles. The second kappa shape index (κ2) is 7.19. The number of rotatable bonds is 5. The van der Waals surface area contributed by atoms with E-state index in [2.05, 4.69) is 29.6 Å². The van der Waals surface area contributed by atoms with Gasteiger partial charge in [0.1, 0.15) is 0 Å². The van der Waals surface area contributed by atoms with Crippen molar-refractivity contribution in [3.8, 4) is 0 Å². The van der Waals surface area contributed by atoms with Crippen LogP contribution in [-0.4, -0.2) is 34.1 Å². The molecule has 1 aromatic rings. The molecule has 1 fully saturated rings. The summed E-state index contributed by atoms with van der Waals surface area (Å²) in [6.45, 7) is 1.04. The Morgan fingerprint density at radius 3 is 2.65 bits per heavy atom. The minimum absolute atomic E-state index is 0.543. The van der Waals surface area contributed by atoms with E-state index in [4.69, 9.17) is 0 Å². The molecule has 94 valence electrons. The maximum absolute atomic E-state index is 11.2. The first kappa shape index (κ1) is 13.1. The second-order valence-corrected chi connectivity index (χ2v) is 7.10. The van der Waals surface area contributed by atoms with Gasteiger partial charge in [0, 0.05) is 45.5 Å². The first-order valence-corrected chi connectivity index (χ1v) is 8.58. The van der Waals surface area contributed by atoms with Crippen LogP contribution >= 0.6 is 11.8 Å². The van der Waals surface area contributed by atoms with E-state index < -0.39 is 10.8 Å². The van der Waals surface area contributed by atoms with Gasteiger partial charge in [-0.15, -0.1) is 11.8 Å². The molecule has 0 amide bonds. The van der Waals surface area contributed by atoms with Crippen molar-refractivity contribution in [2.75, 3.05) is 23.8 Å². The third-order valence-corrected chi connectivity index (χ3v) is 5.33. The topological polar surface area (TPSA) is 29.1 Å². The van der Waals surface area contributed by atoms with Crippen molar-refractivity contribution in [1.82, 2.24) is 5.32 Å². The van der Waals surface area contributed by atoms with Crippen LogP contribution in [0, 0.1) is 0 Å². The fourth-order valence-electron chi connectivity index (χ4n) is 1.95. The van der Waals surface area contributed by atoms with E-state index in [9.17, 15) is 4.21 Å². The molecule has 1 heterocycles. The Bertz CT molecular complexity index is 346. The lowest BCUT2D eigenvalue weighted by atomic mass is 10.1. The monoisotopic (exact) mass is 269 g/mol. The molecule has 1 aliphatic rings. The van der Waals surface area contributed by atoms with Gasteiger partial charge in [0.15, 0.2) is 0 Å². The zero-order valence-corrected chi connectivity index (χ0v) is 11.6. The van der Waals surface area contributed by atoms with Crippen LogP contribution in [0.15, 0.2) is 35.2 Å². The summed E-state index contributed by atoms with van der Waals surface area (Å²) in [5.74, 6) is 2.86. The van der Waals surface area contributed by atoms with Crippen LogP contribution in [0.2, 0.25) is 0 Å². The van der Waals surface area contributed by atoms with Gasteiger partial charge in [-0.25, -0.2) is 0 Å². The largest absolute Gasteiger partial charge is 0.313 e. The van der Waals surface area contributed by atoms with Crippen LogP contribution in [-0.2, 0) is 10.8 Å². The third kappa shape index (κ3) is 4.82. The molecule has 4 heteroatoms. The molecule has 0 bridgehead atoms. The first-order chi connectivity index (χ1) is 8.34. The Labute approximate surface area is 110 Å². The molecule has 0 radical (unpaired) electrons. The van der Waals surface area contributed by atoms with Crippen LogP contribution in [0.3, 0.4) is 0 Å². The third-order valence-electron chi connectivity index (χ3n) is 2.93. The van der Waals surface area contributed by atoms with Gasteiger partial charge in [-0.05, 0) is 25.0 Å². The predicted molar refractivity (Wildman–Crippen MR) is 76.1 cm³/mol. The number of benzene rings is 1. The van der Waals surface area contributed by atoms with Crippen molar-refractivity contribution >= 4 is 22.6 Å². The highest BCUT2D eigenvalue weighted by Crippen LogP contribution is 2.16. The van der Waals surface area contributed by atoms with Gasteiger partial charge in [-0.1, -0.05) is 18.2 Å². The van der Waals surface area contributed by atoms with Gasteiger partial charge in [-0.2, -0.15) is 0 Å². The van der Waals surface area contributed by atoms with E-state index in [-0.39, 0.29) is 0 Å². The number of thioether (sulfide) groups is 1. The SMILES string of the molecule is O=S1CCC(NCCSc2ccccc2)CC1. The highest BCUT2D eigenvalue weighted by Gasteiger charge is 2.16. The van der Waals surface area contributed by atoms with Crippen LogP contribution in [0.4, 0.5) is 0 Å². The molecule has 1 aliphatic heterocycles. The molecular formula is C13H19NOS2. The lowest BCUT2D eigenvalue weighted by Gasteiger charge is -2.22. The van der Waals surface area contributed by atoms with Gasteiger partial charge < -0.3 is 5.32 Å². The van der Waals surface area contributed by atoms with Crippen molar-refractivity contribution in [2.45, 2.75) is 23.8 Å². The quantitative estimate of drug-likeness (QED) is 0.657. The molecule has 0 atom stereocenters. The van der Waals surface area contributed by atoms with Gasteiger partial charge in [-0.3, -0.25) is 4.21 Å². The van der Waals surface area contributed by atoms with Crippen LogP contribution in [0.1, 0.15) is 12.8 Å². The summed E-state index contributed by atoms with van der Waals surface area (Å²) in [6, 6.07) is 11.1. The fraction of sp³-hybridized carbons (Fsp3) is 0.538. The van der Waals surface area contributed by atoms with E-state index >= 15 is 0 Å². The molecule has 1 N–H and O–H groups in total. The second-order valence-electron chi connectivity index (χ2n) is 4.24. The van der Waals surface area contributed by atoms with Crippen molar-refractivity contribution in [2.24, 2.45) is 0 Å². The molecule has 2 rings (SSSR count). The standard InChI is InChI=1S/C13H19NOS2/c15-17-10-6-12(7-11-17)14-8-9-16-13-4-2-1-3-5-13/h1-5,12,14H,6-11H2. The van der Waals surface area contributed by atoms with Crippen LogP contribution in [0.25, 0.3) is 0 Å². The number of hydrogen-bond acceptors (Lipinski definition) is 3. The highest BCUT2D eigenvalue weighted by molar-refractivity contribution is 7.99. The molecule has 0 unspecified atom stereocenters. The molecule has 1 saturated heterocycles. The van der Waals surface area contributed by atoms with Crippen molar-refractivity contribution < 1.29 is 4.21 Å². The fourth-order valence-corrected chi connectivity index (χ4v) is 4.05. The molecule has 0 spiro atoms. The molecule has 0 aliphatic carbocycles. The van der Waals surface area contributed by atoms with E-state index in [0.29, 0.717) is 6.04 Å². The lowest BCUT2D eigenvalue weighted by molar-refractivity contribution is 0.491. The zero-order chi connectivity index (χ0) is 11.9. The molecule has 2 nitrogen and oxygen atoms in total. The average Bonchev–Trinajstić information content (AvgIpc) is 2.38. The molecule has 0 aromatic heterocycles. The normalized spacial score (nSPS) is 24.7. The van der Waals surface area contributed by atoms with Crippen LogP contribution < -0.4 is 5.32 Å². The smallest absolute Gasteiger partial charge is 0.0249 e. The number of hydrogen-bond donors (Lipinski definition) is 1. The predicted octanol–water partition coefficient (Wildman–Crippen LogP) is 2.28. The van der Waals surface area contributed by atoms with Crippen molar-refractivity contribution in [3.05, 3.63) is 30.3 Å². The number of nitrogens with one attached hydrogen (secondary N) is 1. The maximum atomic E-state index is 11.2. The molecule has 1 aromatic carbocycles. The summed E-state index contributed by atoms with van der Waals surface area (Å²) in [7, 11) is -0.543. The van der Waals surface area contributed by atoms with Crippen molar-refractivity contribution in [1.29, 1.82) is 0 Å². The Balaban J connectivity index is 1.59. The zero-order valence-electron chi connectivity index (χ0n) is 9.93. The van der Waals surface area contributed by atoms with Gasteiger partial charge in [0.2, 0.25) is 0 Å². The van der Waals surface area contributed by atoms with Gasteiger partial charge >= 0.3 is 0 Å². The Morgan fingerprint density at radius 1 is 1.24 bits per heavy atom. The van der Waals surface area contributed by atoms with Gasteiger partial charge in [0.05, 0.1) is 0 Å². The van der Waals surface area contributed by atoms with Gasteiger partial charge in [0.25, 0.3) is 0 Å². The van der Waals surface area contributed by atoms with E-state index in [1.165, 1.54) is 4.90 Å². The Kier molecular flexibility index (Phi) is 5.55. The first-order valence-electron chi connectivity index (χ1n) is 6.11. The summed E-state index contributed by atoms with van der Waals surface area (Å²) in [4.78, 5) is 1.33.